The van der Waals surface area contributed by atoms with Crippen LogP contribution in [0.5, 0.6) is 0 Å². The van der Waals surface area contributed by atoms with Crippen molar-refractivity contribution < 1.29 is 16.8 Å². The lowest BCUT2D eigenvalue weighted by molar-refractivity contribution is 0.485. The van der Waals surface area contributed by atoms with Gasteiger partial charge >= 0.3 is 0 Å². The third-order valence-corrected chi connectivity index (χ3v) is 10.6. The van der Waals surface area contributed by atoms with Crippen LogP contribution in [-0.2, 0) is 17.7 Å². The van der Waals surface area contributed by atoms with Gasteiger partial charge in [0.05, 0.1) is 10.00 Å². The van der Waals surface area contributed by atoms with Gasteiger partial charge in [-0.3, -0.25) is 0 Å². The molecule has 1 fully saturated rings. The molecule has 0 bridgehead atoms. The van der Waals surface area contributed by atoms with Gasteiger partial charge in [0, 0.05) is 0 Å². The zero-order valence-corrected chi connectivity index (χ0v) is 11.7. The normalized spacial score (nSPS) is 20.9. The molecule has 4 nitrogen and oxygen atoms in total. The molecule has 1 rings (SSSR count). The molecule has 16 heavy (non-hydrogen) atoms. The molecule has 0 aliphatic heterocycles. The van der Waals surface area contributed by atoms with Crippen LogP contribution in [0.15, 0.2) is 0 Å². The lowest BCUT2D eigenvalue weighted by atomic mass is 10.0. The molecule has 1 aliphatic rings. The van der Waals surface area contributed by atoms with Crippen LogP contribution in [0.1, 0.15) is 52.9 Å². The fraction of sp³-hybridized carbons (Fsp3) is 1.00. The van der Waals surface area contributed by atoms with E-state index >= 15 is 0 Å². The highest BCUT2D eigenvalue weighted by molar-refractivity contribution is 8.67. The Kier molecular flexibility index (Phi) is 3.75. The van der Waals surface area contributed by atoms with Crippen LogP contribution >= 0.6 is 0 Å². The van der Waals surface area contributed by atoms with Crippen molar-refractivity contribution in [3.63, 3.8) is 0 Å². The van der Waals surface area contributed by atoms with E-state index in [1.54, 1.807) is 0 Å². The summed E-state index contributed by atoms with van der Waals surface area (Å²) >= 11 is 0. The van der Waals surface area contributed by atoms with E-state index in [1.165, 1.54) is 20.8 Å². The van der Waals surface area contributed by atoms with Crippen LogP contribution in [0, 0.1) is 0 Å². The Morgan fingerprint density at radius 2 is 1.31 bits per heavy atom. The van der Waals surface area contributed by atoms with Crippen molar-refractivity contribution in [3.8, 4) is 0 Å². The Morgan fingerprint density at radius 3 is 1.69 bits per heavy atom. The van der Waals surface area contributed by atoms with Crippen molar-refractivity contribution in [3.05, 3.63) is 0 Å². The van der Waals surface area contributed by atoms with Crippen molar-refractivity contribution in [1.82, 2.24) is 0 Å². The van der Waals surface area contributed by atoms with E-state index < -0.39 is 27.7 Å². The second kappa shape index (κ2) is 4.29. The van der Waals surface area contributed by atoms with Crippen molar-refractivity contribution in [2.75, 3.05) is 0 Å². The molecule has 0 amide bonds. The molecule has 0 heterocycles. The smallest absolute Gasteiger partial charge is 0.212 e. The molecule has 1 aliphatic carbocycles. The first-order valence-electron chi connectivity index (χ1n) is 5.59. The van der Waals surface area contributed by atoms with Gasteiger partial charge in [-0.05, 0) is 33.6 Å². The van der Waals surface area contributed by atoms with Gasteiger partial charge in [-0.1, -0.05) is 19.3 Å². The first-order chi connectivity index (χ1) is 7.11. The van der Waals surface area contributed by atoms with Crippen molar-refractivity contribution in [1.29, 1.82) is 0 Å². The van der Waals surface area contributed by atoms with Gasteiger partial charge in [0.25, 0.3) is 17.7 Å². The van der Waals surface area contributed by atoms with Crippen molar-refractivity contribution in [2.45, 2.75) is 62.9 Å². The van der Waals surface area contributed by atoms with E-state index in [2.05, 4.69) is 0 Å². The second-order valence-corrected chi connectivity index (χ2v) is 11.8. The topological polar surface area (TPSA) is 68.3 Å². The van der Waals surface area contributed by atoms with Crippen LogP contribution in [0.2, 0.25) is 0 Å². The summed E-state index contributed by atoms with van der Waals surface area (Å²) in [6.07, 6.45) is 3.59. The summed E-state index contributed by atoms with van der Waals surface area (Å²) in [4.78, 5) is 0. The van der Waals surface area contributed by atoms with Crippen molar-refractivity contribution in [2.24, 2.45) is 0 Å². The van der Waals surface area contributed by atoms with Gasteiger partial charge < -0.3 is 0 Å². The van der Waals surface area contributed by atoms with Crippen LogP contribution in [-0.4, -0.2) is 26.8 Å². The molecular weight excluding hydrogens is 248 g/mol. The van der Waals surface area contributed by atoms with E-state index in [9.17, 15) is 16.8 Å². The average Bonchev–Trinajstić information content (AvgIpc) is 2.17. The predicted molar refractivity (Wildman–Crippen MR) is 64.5 cm³/mol. The fourth-order valence-electron chi connectivity index (χ4n) is 1.88. The SMILES string of the molecule is CC(C)(C)S(=O)(=O)S(=O)(=O)C1CCCCC1. The molecule has 0 aromatic heterocycles. The van der Waals surface area contributed by atoms with Gasteiger partial charge in [0.15, 0.2) is 0 Å². The van der Waals surface area contributed by atoms with Crippen LogP contribution in [0.3, 0.4) is 0 Å². The Balaban J connectivity index is 3.11. The minimum absolute atomic E-state index is 0.484. The molecule has 6 heteroatoms. The summed E-state index contributed by atoms with van der Waals surface area (Å²) in [5.41, 5.74) is 0. The van der Waals surface area contributed by atoms with Gasteiger partial charge in [-0.2, -0.15) is 0 Å². The quantitative estimate of drug-likeness (QED) is 0.717. The maximum Gasteiger partial charge on any atom is 0.258 e. The molecule has 96 valence electrons. The van der Waals surface area contributed by atoms with Gasteiger partial charge in [0.1, 0.15) is 0 Å². The summed E-state index contributed by atoms with van der Waals surface area (Å²) in [7, 11) is -8.15. The standard InChI is InChI=1S/C10H20O4S2/c1-10(2,3)16(13,14)15(11,12)9-7-5-4-6-8-9/h9H,4-8H2,1-3H3. The second-order valence-electron chi connectivity index (χ2n) is 5.32. The van der Waals surface area contributed by atoms with Crippen LogP contribution < -0.4 is 0 Å². The summed E-state index contributed by atoms with van der Waals surface area (Å²) in [5, 5.41) is -0.689. The lowest BCUT2D eigenvalue weighted by Crippen LogP contribution is -2.40. The van der Waals surface area contributed by atoms with Crippen LogP contribution in [0.4, 0.5) is 0 Å². The maximum absolute atomic E-state index is 12.1. The monoisotopic (exact) mass is 268 g/mol. The molecule has 1 saturated carbocycles. The average molecular weight is 268 g/mol. The van der Waals surface area contributed by atoms with Gasteiger partial charge in [-0.15, -0.1) is 0 Å². The highest BCUT2D eigenvalue weighted by Gasteiger charge is 2.45. The maximum atomic E-state index is 12.1. The first kappa shape index (κ1) is 14.0. The Morgan fingerprint density at radius 1 is 0.875 bits per heavy atom. The molecule has 0 unspecified atom stereocenters. The van der Waals surface area contributed by atoms with Crippen LogP contribution in [0.25, 0.3) is 0 Å². The first-order valence-corrected chi connectivity index (χ1v) is 9.14. The molecule has 0 aromatic carbocycles. The third kappa shape index (κ3) is 2.27. The summed E-state index contributed by atoms with van der Waals surface area (Å²) in [6, 6.07) is 0. The van der Waals surface area contributed by atoms with Crippen molar-refractivity contribution >= 4 is 17.7 Å². The zero-order chi connectivity index (χ0) is 12.6. The molecule has 0 aromatic rings. The molecular formula is C10H20O4S2. The highest BCUT2D eigenvalue weighted by atomic mass is 33.2. The number of hydrogen-bond acceptors (Lipinski definition) is 4. The van der Waals surface area contributed by atoms with Gasteiger partial charge in [0.2, 0.25) is 0 Å². The Labute approximate surface area is 97.7 Å². The van der Waals surface area contributed by atoms with Gasteiger partial charge in [-0.25, -0.2) is 16.8 Å². The lowest BCUT2D eigenvalue weighted by Gasteiger charge is -2.26. The minimum atomic E-state index is -4.10. The zero-order valence-electron chi connectivity index (χ0n) is 10.1. The van der Waals surface area contributed by atoms with E-state index in [4.69, 9.17) is 0 Å². The largest absolute Gasteiger partial charge is 0.258 e. The summed E-state index contributed by atoms with van der Waals surface area (Å²) < 4.78 is 46.9. The summed E-state index contributed by atoms with van der Waals surface area (Å²) in [5.74, 6) is 0. The molecule has 0 radical (unpaired) electrons. The highest BCUT2D eigenvalue weighted by Crippen LogP contribution is 2.32. The number of rotatable bonds is 2. The van der Waals surface area contributed by atoms with E-state index in [0.29, 0.717) is 12.8 Å². The molecule has 0 atom stereocenters. The summed E-state index contributed by atoms with van der Waals surface area (Å²) in [6.45, 7) is 4.30. The predicted octanol–water partition coefficient (Wildman–Crippen LogP) is 1.86. The van der Waals surface area contributed by atoms with E-state index in [1.807, 2.05) is 0 Å². The number of hydrogen-bond donors (Lipinski definition) is 0. The molecule has 0 N–H and O–H groups in total. The molecule has 0 spiro atoms. The molecule has 0 saturated heterocycles. The Bertz CT molecular complexity index is 434. The fourth-order valence-corrected chi connectivity index (χ4v) is 7.59. The van der Waals surface area contributed by atoms with E-state index in [-0.39, 0.29) is 0 Å². The van der Waals surface area contributed by atoms with E-state index in [0.717, 1.165) is 19.3 Å². The Hall–Kier alpha value is -0.100. The minimum Gasteiger partial charge on any atom is -0.212 e. The third-order valence-electron chi connectivity index (χ3n) is 3.02.